The monoisotopic (exact) mass is 178 g/mol. The molecule has 1 fully saturated rings. The highest BCUT2D eigenvalue weighted by Crippen LogP contribution is 2.14. The summed E-state index contributed by atoms with van der Waals surface area (Å²) >= 11 is 0. The van der Waals surface area contributed by atoms with Gasteiger partial charge in [-0.15, -0.1) is 0 Å². The van der Waals surface area contributed by atoms with E-state index in [9.17, 15) is 10.2 Å². The molecule has 0 aliphatic carbocycles. The third-order valence-corrected chi connectivity index (χ3v) is 2.00. The van der Waals surface area contributed by atoms with Crippen LogP contribution >= 0.6 is 0 Å². The Morgan fingerprint density at radius 1 is 1.25 bits per heavy atom. The van der Waals surface area contributed by atoms with Gasteiger partial charge < -0.3 is 24.8 Å². The molecule has 0 aromatic rings. The van der Waals surface area contributed by atoms with Gasteiger partial charge in [0.25, 0.3) is 0 Å². The summed E-state index contributed by atoms with van der Waals surface area (Å²) in [6.07, 6.45) is -3.33. The van der Waals surface area contributed by atoms with E-state index < -0.39 is 24.4 Å². The molecule has 0 saturated carbocycles. The highest BCUT2D eigenvalue weighted by molar-refractivity contribution is 4.81. The first-order valence-corrected chi connectivity index (χ1v) is 3.87. The minimum atomic E-state index is -1.09. The Morgan fingerprint density at radius 3 is 2.50 bits per heavy atom. The molecule has 1 saturated heterocycles. The smallest absolute Gasteiger partial charge is 0.147 e. The minimum Gasteiger partial charge on any atom is -0.394 e. The second-order valence-corrected chi connectivity index (χ2v) is 2.86. The van der Waals surface area contributed by atoms with Crippen molar-refractivity contribution in [1.29, 1.82) is 0 Å². The lowest BCUT2D eigenvalue weighted by Gasteiger charge is -2.22. The summed E-state index contributed by atoms with van der Waals surface area (Å²) < 4.78 is 9.90. The molecule has 3 N–H and O–H groups in total. The molecular weight excluding hydrogens is 164 g/mol. The molecule has 0 aromatic heterocycles. The fourth-order valence-corrected chi connectivity index (χ4v) is 1.09. The first kappa shape index (κ1) is 9.88. The maximum absolute atomic E-state index is 9.37. The molecule has 0 spiro atoms. The van der Waals surface area contributed by atoms with Crippen LogP contribution in [0.15, 0.2) is 0 Å². The van der Waals surface area contributed by atoms with Crippen LogP contribution in [0.2, 0.25) is 0 Å². The molecule has 0 aromatic carbocycles. The van der Waals surface area contributed by atoms with E-state index in [0.29, 0.717) is 0 Å². The maximum Gasteiger partial charge on any atom is 0.147 e. The van der Waals surface area contributed by atoms with E-state index in [-0.39, 0.29) is 13.4 Å². The first-order valence-electron chi connectivity index (χ1n) is 3.87. The van der Waals surface area contributed by atoms with Crippen molar-refractivity contribution in [1.82, 2.24) is 0 Å². The molecule has 1 aliphatic rings. The van der Waals surface area contributed by atoms with E-state index >= 15 is 0 Å². The Kier molecular flexibility index (Phi) is 3.42. The summed E-state index contributed by atoms with van der Waals surface area (Å²) in [5.41, 5.74) is 0. The standard InChI is InChI=1S/C7H14O5/c1-4-6(9)7(10)5(2-8)12-3-11-4/h4-10H,2-3H2,1H3/t4-,5+,6+,7-/m0/s1. The van der Waals surface area contributed by atoms with E-state index in [1.54, 1.807) is 6.92 Å². The van der Waals surface area contributed by atoms with E-state index in [0.717, 1.165) is 0 Å². The molecule has 1 rings (SSSR count). The maximum atomic E-state index is 9.37. The molecule has 1 heterocycles. The molecule has 0 bridgehead atoms. The second-order valence-electron chi connectivity index (χ2n) is 2.86. The summed E-state index contributed by atoms with van der Waals surface area (Å²) in [4.78, 5) is 0. The van der Waals surface area contributed by atoms with Gasteiger partial charge in [-0.1, -0.05) is 0 Å². The quantitative estimate of drug-likeness (QED) is 0.453. The first-order chi connectivity index (χ1) is 5.66. The molecule has 5 heteroatoms. The second kappa shape index (κ2) is 4.15. The molecule has 72 valence electrons. The van der Waals surface area contributed by atoms with Crippen LogP contribution in [0.25, 0.3) is 0 Å². The zero-order valence-corrected chi connectivity index (χ0v) is 6.88. The van der Waals surface area contributed by atoms with Gasteiger partial charge in [0.1, 0.15) is 25.1 Å². The van der Waals surface area contributed by atoms with Gasteiger partial charge in [0, 0.05) is 0 Å². The Labute approximate surface area is 70.5 Å². The van der Waals surface area contributed by atoms with Gasteiger partial charge in [-0.25, -0.2) is 0 Å². The van der Waals surface area contributed by atoms with Crippen molar-refractivity contribution in [2.75, 3.05) is 13.4 Å². The van der Waals surface area contributed by atoms with Crippen LogP contribution in [0.4, 0.5) is 0 Å². The lowest BCUT2D eigenvalue weighted by Crippen LogP contribution is -2.43. The van der Waals surface area contributed by atoms with Gasteiger partial charge in [-0.3, -0.25) is 0 Å². The molecule has 1 aliphatic heterocycles. The van der Waals surface area contributed by atoms with Gasteiger partial charge in [-0.05, 0) is 6.92 Å². The number of aliphatic hydroxyl groups is 3. The van der Waals surface area contributed by atoms with Crippen molar-refractivity contribution < 1.29 is 24.8 Å². The molecule has 5 nitrogen and oxygen atoms in total. The fraction of sp³-hybridized carbons (Fsp3) is 1.00. The average molecular weight is 178 g/mol. The average Bonchev–Trinajstić information content (AvgIpc) is 2.19. The van der Waals surface area contributed by atoms with Crippen molar-refractivity contribution >= 4 is 0 Å². The Bertz CT molecular complexity index is 138. The van der Waals surface area contributed by atoms with Gasteiger partial charge >= 0.3 is 0 Å². The van der Waals surface area contributed by atoms with Crippen LogP contribution in [0.5, 0.6) is 0 Å². The van der Waals surface area contributed by atoms with Crippen LogP contribution in [0.3, 0.4) is 0 Å². The summed E-state index contributed by atoms with van der Waals surface area (Å²) in [6.45, 7) is 1.30. The van der Waals surface area contributed by atoms with E-state index in [4.69, 9.17) is 14.6 Å². The zero-order chi connectivity index (χ0) is 9.14. The number of hydrogen-bond acceptors (Lipinski definition) is 5. The third kappa shape index (κ3) is 1.94. The predicted octanol–water partition coefficient (Wildman–Crippen LogP) is -1.54. The van der Waals surface area contributed by atoms with Gasteiger partial charge in [0.15, 0.2) is 0 Å². The number of hydrogen-bond donors (Lipinski definition) is 3. The van der Waals surface area contributed by atoms with Crippen molar-refractivity contribution in [3.8, 4) is 0 Å². The highest BCUT2D eigenvalue weighted by Gasteiger charge is 2.33. The zero-order valence-electron chi connectivity index (χ0n) is 6.88. The molecule has 0 unspecified atom stereocenters. The summed E-state index contributed by atoms with van der Waals surface area (Å²) in [7, 11) is 0. The molecule has 0 amide bonds. The van der Waals surface area contributed by atoms with Gasteiger partial charge in [0.2, 0.25) is 0 Å². The summed E-state index contributed by atoms with van der Waals surface area (Å²) in [6, 6.07) is 0. The van der Waals surface area contributed by atoms with E-state index in [2.05, 4.69) is 0 Å². The Hall–Kier alpha value is -0.200. The van der Waals surface area contributed by atoms with Gasteiger partial charge in [0.05, 0.1) is 12.7 Å². The molecular formula is C7H14O5. The Balaban J connectivity index is 2.59. The number of rotatable bonds is 1. The molecule has 0 radical (unpaired) electrons. The van der Waals surface area contributed by atoms with Crippen LogP contribution in [0.1, 0.15) is 6.92 Å². The van der Waals surface area contributed by atoms with Crippen molar-refractivity contribution in [2.24, 2.45) is 0 Å². The number of ether oxygens (including phenoxy) is 2. The molecule has 12 heavy (non-hydrogen) atoms. The minimum absolute atomic E-state index is 0.0134. The van der Waals surface area contributed by atoms with E-state index in [1.165, 1.54) is 0 Å². The largest absolute Gasteiger partial charge is 0.394 e. The SMILES string of the molecule is C[C@@H]1OCO[C@H](CO)[C@H](O)[C@@H]1O. The lowest BCUT2D eigenvalue weighted by atomic mass is 10.1. The molecule has 4 atom stereocenters. The highest BCUT2D eigenvalue weighted by atomic mass is 16.7. The van der Waals surface area contributed by atoms with E-state index in [1.807, 2.05) is 0 Å². The van der Waals surface area contributed by atoms with Crippen LogP contribution < -0.4 is 0 Å². The van der Waals surface area contributed by atoms with Gasteiger partial charge in [-0.2, -0.15) is 0 Å². The lowest BCUT2D eigenvalue weighted by molar-refractivity contribution is -0.114. The van der Waals surface area contributed by atoms with Crippen molar-refractivity contribution in [2.45, 2.75) is 31.3 Å². The summed E-state index contributed by atoms with van der Waals surface area (Å²) in [5.74, 6) is 0. The predicted molar refractivity (Wildman–Crippen MR) is 39.4 cm³/mol. The van der Waals surface area contributed by atoms with Crippen molar-refractivity contribution in [3.05, 3.63) is 0 Å². The Morgan fingerprint density at radius 2 is 1.92 bits per heavy atom. The summed E-state index contributed by atoms with van der Waals surface area (Å²) in [5, 5.41) is 27.5. The fourth-order valence-electron chi connectivity index (χ4n) is 1.09. The van der Waals surface area contributed by atoms with Crippen LogP contribution in [0, 0.1) is 0 Å². The van der Waals surface area contributed by atoms with Crippen LogP contribution in [-0.4, -0.2) is 53.1 Å². The van der Waals surface area contributed by atoms with Crippen LogP contribution in [-0.2, 0) is 9.47 Å². The normalized spacial score (nSPS) is 44.0. The third-order valence-electron chi connectivity index (χ3n) is 2.00. The topological polar surface area (TPSA) is 79.2 Å². The number of aliphatic hydroxyl groups excluding tert-OH is 3. The van der Waals surface area contributed by atoms with Crippen molar-refractivity contribution in [3.63, 3.8) is 0 Å².